The van der Waals surface area contributed by atoms with E-state index in [-0.39, 0.29) is 17.3 Å². The molecule has 0 spiro atoms. The van der Waals surface area contributed by atoms with Crippen molar-refractivity contribution in [2.45, 2.75) is 50.7 Å². The first kappa shape index (κ1) is 22.4. The third-order valence-corrected chi connectivity index (χ3v) is 6.27. The van der Waals surface area contributed by atoms with Gasteiger partial charge in [-0.1, -0.05) is 67.8 Å². The molecule has 4 rings (SSSR count). The van der Waals surface area contributed by atoms with Gasteiger partial charge in [0.2, 0.25) is 11.8 Å². The molecule has 8 heteroatoms. The van der Waals surface area contributed by atoms with Crippen LogP contribution in [0, 0.1) is 0 Å². The fraction of sp³-hybridized carbons (Fsp3) is 0.320. The van der Waals surface area contributed by atoms with Crippen molar-refractivity contribution in [1.82, 2.24) is 10.3 Å². The Morgan fingerprint density at radius 2 is 1.55 bits per heavy atom. The summed E-state index contributed by atoms with van der Waals surface area (Å²) in [5.74, 6) is -2.01. The van der Waals surface area contributed by atoms with E-state index in [1.807, 2.05) is 60.7 Å². The zero-order valence-electron chi connectivity index (χ0n) is 18.4. The quantitative estimate of drug-likeness (QED) is 0.534. The van der Waals surface area contributed by atoms with E-state index in [9.17, 15) is 14.4 Å². The van der Waals surface area contributed by atoms with E-state index in [1.165, 1.54) is 4.90 Å². The highest BCUT2D eigenvalue weighted by Crippen LogP contribution is 2.33. The first-order chi connectivity index (χ1) is 16.0. The van der Waals surface area contributed by atoms with Crippen LogP contribution in [-0.4, -0.2) is 34.7 Å². The van der Waals surface area contributed by atoms with Crippen LogP contribution in [0.25, 0.3) is 0 Å². The Labute approximate surface area is 193 Å². The van der Waals surface area contributed by atoms with Crippen LogP contribution < -0.4 is 21.9 Å². The summed E-state index contributed by atoms with van der Waals surface area (Å²) in [4.78, 5) is 40.0. The lowest BCUT2D eigenvalue weighted by molar-refractivity contribution is -0.136. The van der Waals surface area contributed by atoms with Gasteiger partial charge in [0.05, 0.1) is 17.8 Å². The third kappa shape index (κ3) is 4.69. The van der Waals surface area contributed by atoms with Gasteiger partial charge in [0.15, 0.2) is 0 Å². The summed E-state index contributed by atoms with van der Waals surface area (Å²) < 4.78 is 0. The fourth-order valence-corrected chi connectivity index (χ4v) is 4.72. The Balaban J connectivity index is 1.73. The number of nitrogens with one attached hydrogen (secondary N) is 1. The van der Waals surface area contributed by atoms with Crippen LogP contribution in [0.15, 0.2) is 71.9 Å². The summed E-state index contributed by atoms with van der Waals surface area (Å²) >= 11 is 0. The number of amides is 3. The molecule has 0 aromatic heterocycles. The number of hydrogen-bond donors (Lipinski definition) is 3. The smallest absolute Gasteiger partial charge is 0.273 e. The number of nitrogens with two attached hydrogens (primary N) is 2. The molecule has 33 heavy (non-hydrogen) atoms. The van der Waals surface area contributed by atoms with Crippen molar-refractivity contribution in [3.63, 3.8) is 0 Å². The molecular weight excluding hydrogens is 418 g/mol. The number of benzene rings is 2. The lowest BCUT2D eigenvalue weighted by Crippen LogP contribution is -2.51. The van der Waals surface area contributed by atoms with Crippen molar-refractivity contribution in [2.75, 3.05) is 5.01 Å². The molecule has 3 amide bonds. The van der Waals surface area contributed by atoms with E-state index in [2.05, 4.69) is 5.43 Å². The van der Waals surface area contributed by atoms with Gasteiger partial charge in [0.25, 0.3) is 5.91 Å². The zero-order chi connectivity index (χ0) is 23.4. The van der Waals surface area contributed by atoms with Crippen LogP contribution >= 0.6 is 0 Å². The molecule has 1 unspecified atom stereocenters. The summed E-state index contributed by atoms with van der Waals surface area (Å²) in [7, 11) is 0. The van der Waals surface area contributed by atoms with Gasteiger partial charge in [-0.25, -0.2) is 0 Å². The maximum atomic E-state index is 13.6. The Kier molecular flexibility index (Phi) is 6.63. The van der Waals surface area contributed by atoms with Crippen molar-refractivity contribution in [1.29, 1.82) is 0 Å². The highest BCUT2D eigenvalue weighted by molar-refractivity contribution is 6.14. The molecule has 2 aromatic carbocycles. The fourth-order valence-electron chi connectivity index (χ4n) is 4.72. The first-order valence-corrected chi connectivity index (χ1v) is 11.3. The predicted molar refractivity (Wildman–Crippen MR) is 125 cm³/mol. The number of primary amides is 2. The number of carbonyl (C=O) groups is 3. The minimum Gasteiger partial charge on any atom is -0.368 e. The molecule has 1 fully saturated rings. The molecule has 0 bridgehead atoms. The highest BCUT2D eigenvalue weighted by atomic mass is 16.2. The third-order valence-electron chi connectivity index (χ3n) is 6.27. The van der Waals surface area contributed by atoms with E-state index < -0.39 is 23.8 Å². The van der Waals surface area contributed by atoms with Crippen molar-refractivity contribution in [3.8, 4) is 0 Å². The molecule has 1 aliphatic carbocycles. The predicted octanol–water partition coefficient (Wildman–Crippen LogP) is 1.97. The number of carbonyl (C=O) groups excluding carboxylic acids is 3. The van der Waals surface area contributed by atoms with Crippen molar-refractivity contribution >= 4 is 23.4 Å². The largest absolute Gasteiger partial charge is 0.368 e. The molecule has 1 saturated carbocycles. The molecule has 0 saturated heterocycles. The normalized spacial score (nSPS) is 19.0. The summed E-state index contributed by atoms with van der Waals surface area (Å²) in [6.07, 6.45) is 4.53. The highest BCUT2D eigenvalue weighted by Gasteiger charge is 2.48. The standard InChI is InChI=1S/C25H29N5O3/c26-23(31)20-21(25(33)30(22(20)24(27)32)19-14-8-3-9-15-19)28-29(18-12-6-2-7-13-18)16-17-10-4-1-5-11-17/h1-2,4-7,10-13,19,22,28H,3,8-9,14-16H2,(H2,26,31)(H2,27,32). The number of rotatable bonds is 8. The summed E-state index contributed by atoms with van der Waals surface area (Å²) in [6.45, 7) is 0.415. The van der Waals surface area contributed by atoms with Gasteiger partial charge in [-0.05, 0) is 30.5 Å². The topological polar surface area (TPSA) is 122 Å². The van der Waals surface area contributed by atoms with Crippen molar-refractivity contribution in [3.05, 3.63) is 77.5 Å². The van der Waals surface area contributed by atoms with Crippen LogP contribution in [0.5, 0.6) is 0 Å². The minimum absolute atomic E-state index is 0.0108. The van der Waals surface area contributed by atoms with Gasteiger partial charge in [-0.15, -0.1) is 0 Å². The first-order valence-electron chi connectivity index (χ1n) is 11.3. The van der Waals surface area contributed by atoms with Gasteiger partial charge in [0, 0.05) is 6.04 Å². The summed E-state index contributed by atoms with van der Waals surface area (Å²) in [5, 5.41) is 1.77. The number of anilines is 1. The number of nitrogens with zero attached hydrogens (tertiary/aromatic N) is 2. The monoisotopic (exact) mass is 447 g/mol. The molecule has 0 radical (unpaired) electrons. The number of hydrazine groups is 1. The molecular formula is C25H29N5O3. The molecule has 2 aromatic rings. The van der Waals surface area contributed by atoms with E-state index in [0.29, 0.717) is 6.54 Å². The minimum atomic E-state index is -1.17. The van der Waals surface area contributed by atoms with Gasteiger partial charge in [0.1, 0.15) is 11.7 Å². The van der Waals surface area contributed by atoms with E-state index in [0.717, 1.165) is 43.4 Å². The van der Waals surface area contributed by atoms with Crippen LogP contribution in [0.3, 0.4) is 0 Å². The molecule has 172 valence electrons. The van der Waals surface area contributed by atoms with Gasteiger partial charge in [-0.3, -0.25) is 24.8 Å². The van der Waals surface area contributed by atoms with Crippen LogP contribution in [-0.2, 0) is 20.9 Å². The maximum absolute atomic E-state index is 13.6. The van der Waals surface area contributed by atoms with Gasteiger partial charge in [-0.2, -0.15) is 0 Å². The number of para-hydroxylation sites is 1. The zero-order valence-corrected chi connectivity index (χ0v) is 18.4. The van der Waals surface area contributed by atoms with Crippen molar-refractivity contribution in [2.24, 2.45) is 11.5 Å². The van der Waals surface area contributed by atoms with Crippen LogP contribution in [0.2, 0.25) is 0 Å². The summed E-state index contributed by atoms with van der Waals surface area (Å²) in [5.41, 5.74) is 16.2. The second-order valence-corrected chi connectivity index (χ2v) is 8.48. The Bertz CT molecular complexity index is 1050. The molecule has 8 nitrogen and oxygen atoms in total. The lowest BCUT2D eigenvalue weighted by Gasteiger charge is -2.35. The second-order valence-electron chi connectivity index (χ2n) is 8.48. The molecule has 1 atom stereocenters. The maximum Gasteiger partial charge on any atom is 0.273 e. The molecule has 1 aliphatic heterocycles. The van der Waals surface area contributed by atoms with Gasteiger partial charge < -0.3 is 16.4 Å². The second kappa shape index (κ2) is 9.77. The van der Waals surface area contributed by atoms with E-state index in [4.69, 9.17) is 11.5 Å². The van der Waals surface area contributed by atoms with E-state index >= 15 is 0 Å². The van der Waals surface area contributed by atoms with Gasteiger partial charge >= 0.3 is 0 Å². The Hall–Kier alpha value is -3.81. The van der Waals surface area contributed by atoms with E-state index in [1.54, 1.807) is 5.01 Å². The molecule has 2 aliphatic rings. The molecule has 1 heterocycles. The average Bonchev–Trinajstić information content (AvgIpc) is 3.13. The average molecular weight is 448 g/mol. The van der Waals surface area contributed by atoms with Crippen LogP contribution in [0.4, 0.5) is 5.69 Å². The molecule has 5 N–H and O–H groups in total. The SMILES string of the molecule is NC(=O)C1=C(NN(Cc2ccccc2)c2ccccc2)C(=O)N(C2CCCCC2)C1C(N)=O. The number of hydrogen-bond acceptors (Lipinski definition) is 5. The summed E-state index contributed by atoms with van der Waals surface area (Å²) in [6, 6.07) is 17.9. The van der Waals surface area contributed by atoms with Crippen LogP contribution in [0.1, 0.15) is 37.7 Å². The van der Waals surface area contributed by atoms with Crippen molar-refractivity contribution < 1.29 is 14.4 Å². The lowest BCUT2D eigenvalue weighted by atomic mass is 9.93. The Morgan fingerprint density at radius 3 is 2.12 bits per heavy atom. The Morgan fingerprint density at radius 1 is 0.939 bits per heavy atom.